The van der Waals surface area contributed by atoms with E-state index in [9.17, 15) is 9.18 Å². The van der Waals surface area contributed by atoms with Crippen LogP contribution in [0.4, 0.5) is 15.0 Å². The molecule has 0 saturated heterocycles. The highest BCUT2D eigenvalue weighted by atomic mass is 19.1. The molecule has 0 bridgehead atoms. The van der Waals surface area contributed by atoms with Gasteiger partial charge in [0.25, 0.3) is 0 Å². The van der Waals surface area contributed by atoms with Gasteiger partial charge in [-0.1, -0.05) is 11.3 Å². The maximum atomic E-state index is 12.8. The summed E-state index contributed by atoms with van der Waals surface area (Å²) in [7, 11) is 0. The van der Waals surface area contributed by atoms with E-state index in [0.29, 0.717) is 11.3 Å². The number of H-pyrrole nitrogens is 1. The summed E-state index contributed by atoms with van der Waals surface area (Å²) in [4.78, 5) is 15.8. The first-order valence-corrected chi connectivity index (χ1v) is 5.07. The number of hydrogen-bond acceptors (Lipinski definition) is 4. The van der Waals surface area contributed by atoms with Gasteiger partial charge in [0.1, 0.15) is 0 Å². The Morgan fingerprint density at radius 2 is 2.33 bits per heavy atom. The van der Waals surface area contributed by atoms with Gasteiger partial charge in [0.2, 0.25) is 5.95 Å². The maximum Gasteiger partial charge on any atom is 0.413 e. The Bertz CT molecular complexity index is 557. The Labute approximate surface area is 101 Å². The number of amides is 1. The second-order valence-corrected chi connectivity index (χ2v) is 3.58. The van der Waals surface area contributed by atoms with Crippen LogP contribution in [0.5, 0.6) is 0 Å². The standard InChI is InChI=1S/C10H10FN5O2/c1-6-7(2-3-8(11)13-6)5-16(10(17)18)9-4-12-15-14-9/h2-4H,5H2,1H3,(H,17,18)(H,12,14,15). The van der Waals surface area contributed by atoms with Gasteiger partial charge in [-0.3, -0.25) is 10.00 Å². The number of halogens is 1. The van der Waals surface area contributed by atoms with Crippen molar-refractivity contribution in [1.29, 1.82) is 0 Å². The van der Waals surface area contributed by atoms with Crippen molar-refractivity contribution in [2.45, 2.75) is 13.5 Å². The number of nitrogens with one attached hydrogen (secondary N) is 1. The summed E-state index contributed by atoms with van der Waals surface area (Å²) in [5.41, 5.74) is 1.03. The van der Waals surface area contributed by atoms with E-state index in [1.54, 1.807) is 6.92 Å². The van der Waals surface area contributed by atoms with Gasteiger partial charge in [-0.2, -0.15) is 4.39 Å². The lowest BCUT2D eigenvalue weighted by atomic mass is 10.2. The van der Waals surface area contributed by atoms with Crippen LogP contribution < -0.4 is 4.90 Å². The fourth-order valence-electron chi connectivity index (χ4n) is 1.47. The third kappa shape index (κ3) is 2.42. The molecule has 2 heterocycles. The van der Waals surface area contributed by atoms with E-state index in [1.165, 1.54) is 18.3 Å². The molecular formula is C10H10FN5O2. The second kappa shape index (κ2) is 4.78. The average molecular weight is 251 g/mol. The molecule has 94 valence electrons. The summed E-state index contributed by atoms with van der Waals surface area (Å²) in [5, 5.41) is 18.6. The summed E-state index contributed by atoms with van der Waals surface area (Å²) in [6.07, 6.45) is 0.188. The topological polar surface area (TPSA) is 95.0 Å². The van der Waals surface area contributed by atoms with Crippen LogP contribution in [-0.2, 0) is 6.54 Å². The number of carbonyl (C=O) groups is 1. The normalized spacial score (nSPS) is 10.3. The van der Waals surface area contributed by atoms with Gasteiger partial charge >= 0.3 is 6.09 Å². The summed E-state index contributed by atoms with van der Waals surface area (Å²) >= 11 is 0. The molecule has 0 radical (unpaired) electrons. The number of nitrogens with zero attached hydrogens (tertiary/aromatic N) is 4. The molecule has 0 unspecified atom stereocenters. The first-order valence-electron chi connectivity index (χ1n) is 5.07. The number of aromatic nitrogens is 4. The highest BCUT2D eigenvalue weighted by Crippen LogP contribution is 2.15. The lowest BCUT2D eigenvalue weighted by molar-refractivity contribution is 0.201. The maximum absolute atomic E-state index is 12.8. The Hall–Kier alpha value is -2.51. The number of aromatic amines is 1. The van der Waals surface area contributed by atoms with E-state index in [2.05, 4.69) is 20.4 Å². The van der Waals surface area contributed by atoms with Crippen LogP contribution in [0, 0.1) is 12.9 Å². The first kappa shape index (κ1) is 12.0. The van der Waals surface area contributed by atoms with Crippen LogP contribution in [0.1, 0.15) is 11.3 Å². The van der Waals surface area contributed by atoms with E-state index in [-0.39, 0.29) is 12.4 Å². The fraction of sp³-hybridized carbons (Fsp3) is 0.200. The second-order valence-electron chi connectivity index (χ2n) is 3.58. The number of aryl methyl sites for hydroxylation is 1. The Balaban J connectivity index is 2.27. The van der Waals surface area contributed by atoms with Gasteiger partial charge in [-0.15, -0.1) is 5.10 Å². The molecule has 0 aliphatic carbocycles. The van der Waals surface area contributed by atoms with Crippen molar-refractivity contribution in [2.24, 2.45) is 0 Å². The number of carboxylic acid groups (broad SMARTS) is 1. The number of hydrogen-bond donors (Lipinski definition) is 2. The molecule has 0 aromatic carbocycles. The molecule has 0 aliphatic rings. The van der Waals surface area contributed by atoms with E-state index in [0.717, 1.165) is 4.90 Å². The quantitative estimate of drug-likeness (QED) is 0.802. The molecule has 8 heteroatoms. The van der Waals surface area contributed by atoms with Crippen LogP contribution in [0.15, 0.2) is 18.3 Å². The minimum absolute atomic E-state index is 0.0287. The predicted molar refractivity (Wildman–Crippen MR) is 59.5 cm³/mol. The minimum Gasteiger partial charge on any atom is -0.465 e. The third-order valence-corrected chi connectivity index (χ3v) is 2.40. The van der Waals surface area contributed by atoms with Gasteiger partial charge in [0.15, 0.2) is 5.82 Å². The number of anilines is 1. The van der Waals surface area contributed by atoms with Crippen molar-refractivity contribution in [3.63, 3.8) is 0 Å². The molecule has 0 atom stereocenters. The number of rotatable bonds is 3. The lowest BCUT2D eigenvalue weighted by Gasteiger charge is -2.16. The lowest BCUT2D eigenvalue weighted by Crippen LogP contribution is -2.29. The summed E-state index contributed by atoms with van der Waals surface area (Å²) in [6, 6.07) is 2.68. The zero-order valence-corrected chi connectivity index (χ0v) is 9.46. The van der Waals surface area contributed by atoms with Crippen LogP contribution >= 0.6 is 0 Å². The molecule has 7 nitrogen and oxygen atoms in total. The van der Waals surface area contributed by atoms with Gasteiger partial charge < -0.3 is 5.11 Å². The molecule has 2 aromatic rings. The molecular weight excluding hydrogens is 241 g/mol. The molecule has 1 amide bonds. The molecule has 2 rings (SSSR count). The van der Waals surface area contributed by atoms with Gasteiger partial charge in [-0.25, -0.2) is 9.78 Å². The van der Waals surface area contributed by atoms with Crippen LogP contribution in [0.3, 0.4) is 0 Å². The molecule has 2 N–H and O–H groups in total. The smallest absolute Gasteiger partial charge is 0.413 e. The van der Waals surface area contributed by atoms with E-state index >= 15 is 0 Å². The van der Waals surface area contributed by atoms with Crippen LogP contribution in [-0.4, -0.2) is 31.6 Å². The highest BCUT2D eigenvalue weighted by Gasteiger charge is 2.18. The molecule has 0 aliphatic heterocycles. The molecule has 0 fully saturated rings. The SMILES string of the molecule is Cc1nc(F)ccc1CN(C(=O)O)c1c[nH]nn1. The van der Waals surface area contributed by atoms with Crippen molar-refractivity contribution in [3.8, 4) is 0 Å². The molecule has 0 spiro atoms. The van der Waals surface area contributed by atoms with Gasteiger partial charge in [-0.05, 0) is 18.6 Å². The highest BCUT2D eigenvalue weighted by molar-refractivity contribution is 5.84. The summed E-state index contributed by atoms with van der Waals surface area (Å²) < 4.78 is 12.8. The van der Waals surface area contributed by atoms with Crippen molar-refractivity contribution in [1.82, 2.24) is 20.4 Å². The largest absolute Gasteiger partial charge is 0.465 e. The monoisotopic (exact) mass is 251 g/mol. The van der Waals surface area contributed by atoms with Crippen molar-refractivity contribution < 1.29 is 14.3 Å². The third-order valence-electron chi connectivity index (χ3n) is 2.40. The molecule has 0 saturated carbocycles. The zero-order chi connectivity index (χ0) is 13.1. The average Bonchev–Trinajstić information content (AvgIpc) is 2.80. The van der Waals surface area contributed by atoms with Crippen LogP contribution in [0.2, 0.25) is 0 Å². The first-order chi connectivity index (χ1) is 8.58. The van der Waals surface area contributed by atoms with Crippen molar-refractivity contribution in [2.75, 3.05) is 4.90 Å². The molecule has 18 heavy (non-hydrogen) atoms. The van der Waals surface area contributed by atoms with Crippen LogP contribution in [0.25, 0.3) is 0 Å². The van der Waals surface area contributed by atoms with Crippen molar-refractivity contribution >= 4 is 11.9 Å². The van der Waals surface area contributed by atoms with Gasteiger partial charge in [0, 0.05) is 5.69 Å². The van der Waals surface area contributed by atoms with E-state index in [1.807, 2.05) is 0 Å². The summed E-state index contributed by atoms with van der Waals surface area (Å²) in [5.74, 6) is -0.425. The molecule has 2 aromatic heterocycles. The predicted octanol–water partition coefficient (Wildman–Crippen LogP) is 1.33. The Kier molecular flexibility index (Phi) is 3.18. The summed E-state index contributed by atoms with van der Waals surface area (Å²) in [6.45, 7) is 1.64. The number of pyridine rings is 1. The Morgan fingerprint density at radius 1 is 1.56 bits per heavy atom. The minimum atomic E-state index is -1.17. The van der Waals surface area contributed by atoms with E-state index in [4.69, 9.17) is 5.11 Å². The fourth-order valence-corrected chi connectivity index (χ4v) is 1.47. The Morgan fingerprint density at radius 3 is 2.89 bits per heavy atom. The van der Waals surface area contributed by atoms with Crippen molar-refractivity contribution in [3.05, 3.63) is 35.5 Å². The van der Waals surface area contributed by atoms with E-state index < -0.39 is 12.0 Å². The van der Waals surface area contributed by atoms with Gasteiger partial charge in [0.05, 0.1) is 12.7 Å². The zero-order valence-electron chi connectivity index (χ0n) is 9.46.